The van der Waals surface area contributed by atoms with E-state index in [1.54, 1.807) is 0 Å². The summed E-state index contributed by atoms with van der Waals surface area (Å²) >= 11 is 0. The second-order valence-electron chi connectivity index (χ2n) is 7.26. The largest absolute Gasteiger partial charge is 0.302 e. The molecule has 96 valence electrons. The molecule has 4 atom stereocenters. The fraction of sp³-hybridized carbons (Fsp3) is 1.00. The van der Waals surface area contributed by atoms with E-state index < -0.39 is 0 Å². The summed E-state index contributed by atoms with van der Waals surface area (Å²) in [6.07, 6.45) is 0.748. The van der Waals surface area contributed by atoms with Gasteiger partial charge in [0.2, 0.25) is 11.8 Å². The highest BCUT2D eigenvalue weighted by molar-refractivity contribution is 4.98. The summed E-state index contributed by atoms with van der Waals surface area (Å²) in [5.41, 5.74) is 0.377. The normalized spacial score (nSPS) is 58.4. The minimum absolute atomic E-state index is 0.377. The van der Waals surface area contributed by atoms with Crippen molar-refractivity contribution in [3.63, 3.8) is 0 Å². The third-order valence-corrected chi connectivity index (χ3v) is 6.68. The number of piperazine rings is 2. The predicted molar refractivity (Wildman–Crippen MR) is 67.2 cm³/mol. The van der Waals surface area contributed by atoms with E-state index in [-0.39, 0.29) is 0 Å². The van der Waals surface area contributed by atoms with E-state index in [1.165, 1.54) is 61.3 Å². The first-order chi connectivity index (χ1) is 8.00. The number of rotatable bonds is 0. The molecule has 0 aromatic rings. The molecule has 4 fully saturated rings. The lowest BCUT2D eigenvalue weighted by atomic mass is 9.95. The van der Waals surface area contributed by atoms with Crippen LogP contribution in [0.3, 0.4) is 0 Å². The molecule has 4 saturated heterocycles. The maximum absolute atomic E-state index is 2.80. The van der Waals surface area contributed by atoms with Crippen molar-refractivity contribution < 1.29 is 8.97 Å². The van der Waals surface area contributed by atoms with E-state index in [1.807, 2.05) is 0 Å². The second kappa shape index (κ2) is 2.87. The first-order valence-electron chi connectivity index (χ1n) is 7.18. The molecular formula is C13H26N4+2. The summed E-state index contributed by atoms with van der Waals surface area (Å²) in [5.74, 6) is 0. The van der Waals surface area contributed by atoms with Gasteiger partial charge in [-0.3, -0.25) is 0 Å². The predicted octanol–water partition coefficient (Wildman–Crippen LogP) is -0.420. The van der Waals surface area contributed by atoms with Crippen molar-refractivity contribution >= 4 is 0 Å². The van der Waals surface area contributed by atoms with E-state index in [0.29, 0.717) is 5.66 Å². The van der Waals surface area contributed by atoms with Gasteiger partial charge in [-0.15, -0.1) is 0 Å². The summed E-state index contributed by atoms with van der Waals surface area (Å²) in [6, 6.07) is 0. The SMILES string of the molecule is C[C@]12[C@H]3N4CC[N+]3(C)CCN1CC[N+]2(C)CC4. The summed E-state index contributed by atoms with van der Waals surface area (Å²) < 4.78 is 2.60. The molecule has 4 rings (SSSR count). The van der Waals surface area contributed by atoms with Crippen LogP contribution in [0.1, 0.15) is 6.92 Å². The Morgan fingerprint density at radius 3 is 2.35 bits per heavy atom. The molecule has 0 saturated carbocycles. The number of hydrogen-bond acceptors (Lipinski definition) is 2. The molecule has 0 aromatic carbocycles. The number of nitrogens with zero attached hydrogens (tertiary/aromatic N) is 4. The Morgan fingerprint density at radius 1 is 0.941 bits per heavy atom. The average Bonchev–Trinajstić information content (AvgIpc) is 2.74. The van der Waals surface area contributed by atoms with Gasteiger partial charge in [0.25, 0.3) is 0 Å². The molecule has 2 unspecified atom stereocenters. The van der Waals surface area contributed by atoms with E-state index in [4.69, 9.17) is 0 Å². The van der Waals surface area contributed by atoms with Gasteiger partial charge in [0.1, 0.15) is 0 Å². The van der Waals surface area contributed by atoms with Crippen LogP contribution in [0.4, 0.5) is 0 Å². The van der Waals surface area contributed by atoms with Crippen LogP contribution in [0.15, 0.2) is 0 Å². The van der Waals surface area contributed by atoms with Crippen LogP contribution >= 0.6 is 0 Å². The van der Waals surface area contributed by atoms with Crippen molar-refractivity contribution in [1.29, 1.82) is 0 Å². The lowest BCUT2D eigenvalue weighted by Gasteiger charge is -2.60. The van der Waals surface area contributed by atoms with Gasteiger partial charge < -0.3 is 8.97 Å². The summed E-state index contributed by atoms with van der Waals surface area (Å²) in [4.78, 5) is 5.59. The zero-order chi connectivity index (χ0) is 11.9. The molecular weight excluding hydrogens is 212 g/mol. The summed E-state index contributed by atoms with van der Waals surface area (Å²) in [5, 5.41) is 0. The summed E-state index contributed by atoms with van der Waals surface area (Å²) in [7, 11) is 5.01. The molecule has 0 N–H and O–H groups in total. The van der Waals surface area contributed by atoms with Crippen LogP contribution < -0.4 is 0 Å². The first kappa shape index (κ1) is 10.7. The third kappa shape index (κ3) is 1.01. The van der Waals surface area contributed by atoms with Crippen molar-refractivity contribution in [3.05, 3.63) is 0 Å². The van der Waals surface area contributed by atoms with Gasteiger partial charge in [-0.2, -0.15) is 0 Å². The van der Waals surface area contributed by atoms with Gasteiger partial charge >= 0.3 is 0 Å². The van der Waals surface area contributed by atoms with E-state index >= 15 is 0 Å². The fourth-order valence-corrected chi connectivity index (χ4v) is 5.35. The quantitative estimate of drug-likeness (QED) is 0.529. The molecule has 4 aliphatic rings. The maximum Gasteiger partial charge on any atom is 0.221 e. The van der Waals surface area contributed by atoms with Crippen molar-refractivity contribution in [2.24, 2.45) is 0 Å². The maximum atomic E-state index is 2.80. The molecule has 0 radical (unpaired) electrons. The van der Waals surface area contributed by atoms with Crippen LogP contribution in [0.2, 0.25) is 0 Å². The van der Waals surface area contributed by atoms with Gasteiger partial charge in [-0.25, -0.2) is 9.80 Å². The molecule has 4 nitrogen and oxygen atoms in total. The van der Waals surface area contributed by atoms with E-state index in [2.05, 4.69) is 30.8 Å². The van der Waals surface area contributed by atoms with Crippen molar-refractivity contribution in [2.45, 2.75) is 18.8 Å². The van der Waals surface area contributed by atoms with Crippen LogP contribution in [-0.4, -0.2) is 97.0 Å². The molecule has 4 heteroatoms. The van der Waals surface area contributed by atoms with Gasteiger partial charge in [-0.1, -0.05) is 0 Å². The Morgan fingerprint density at radius 2 is 1.53 bits per heavy atom. The highest BCUT2D eigenvalue weighted by Crippen LogP contribution is 2.48. The lowest BCUT2D eigenvalue weighted by molar-refractivity contribution is -1.03. The standard InChI is InChI=1S/C13H26N4/c1-13-12-14-4-8-16(12,2)9-6-15(13)7-11-17(13,3)10-5-14/h12H,4-11H2,1-3H3/q+2/t12-,13-,16?,17?/m0/s1. The minimum Gasteiger partial charge on any atom is -0.302 e. The topological polar surface area (TPSA) is 6.48 Å². The number of likely N-dealkylation sites (N-methyl/N-ethyl adjacent to an activating group) is 2. The highest BCUT2D eigenvalue weighted by atomic mass is 15.7. The van der Waals surface area contributed by atoms with Gasteiger partial charge in [-0.05, 0) is 0 Å². The van der Waals surface area contributed by atoms with Crippen molar-refractivity contribution in [3.8, 4) is 0 Å². The molecule has 4 heterocycles. The van der Waals surface area contributed by atoms with E-state index in [0.717, 1.165) is 6.17 Å². The second-order valence-corrected chi connectivity index (χ2v) is 7.26. The van der Waals surface area contributed by atoms with Crippen LogP contribution in [-0.2, 0) is 0 Å². The Labute approximate surface area is 105 Å². The molecule has 0 aliphatic carbocycles. The van der Waals surface area contributed by atoms with Crippen molar-refractivity contribution in [2.75, 3.05) is 66.5 Å². The number of hydrogen-bond donors (Lipinski definition) is 0. The Hall–Kier alpha value is -0.160. The smallest absolute Gasteiger partial charge is 0.221 e. The molecule has 0 aromatic heterocycles. The molecule has 17 heavy (non-hydrogen) atoms. The van der Waals surface area contributed by atoms with Gasteiger partial charge in [0.05, 0.1) is 66.5 Å². The monoisotopic (exact) mass is 238 g/mol. The minimum atomic E-state index is 0.377. The third-order valence-electron chi connectivity index (χ3n) is 6.68. The average molecular weight is 238 g/mol. The lowest BCUT2D eigenvalue weighted by Crippen LogP contribution is -2.83. The Balaban J connectivity index is 1.88. The molecule has 0 bridgehead atoms. The van der Waals surface area contributed by atoms with Crippen molar-refractivity contribution in [1.82, 2.24) is 9.80 Å². The molecule has 0 spiro atoms. The fourth-order valence-electron chi connectivity index (χ4n) is 5.35. The van der Waals surface area contributed by atoms with Crippen LogP contribution in [0, 0.1) is 0 Å². The zero-order valence-corrected chi connectivity index (χ0v) is 11.5. The number of quaternary nitrogens is 2. The summed E-state index contributed by atoms with van der Waals surface area (Å²) in [6.45, 7) is 13.3. The molecule has 4 aliphatic heterocycles. The van der Waals surface area contributed by atoms with Crippen LogP contribution in [0.25, 0.3) is 0 Å². The van der Waals surface area contributed by atoms with Gasteiger partial charge in [0.15, 0.2) is 0 Å². The Kier molecular flexibility index (Phi) is 1.81. The highest BCUT2D eigenvalue weighted by Gasteiger charge is 2.72. The van der Waals surface area contributed by atoms with Crippen LogP contribution in [0.5, 0.6) is 0 Å². The Bertz CT molecular complexity index is 372. The molecule has 0 amide bonds. The zero-order valence-electron chi connectivity index (χ0n) is 11.5. The van der Waals surface area contributed by atoms with Gasteiger partial charge in [0, 0.05) is 6.92 Å². The first-order valence-corrected chi connectivity index (χ1v) is 7.18. The van der Waals surface area contributed by atoms with E-state index in [9.17, 15) is 0 Å².